The average molecular weight is 352 g/mol. The maximum atomic E-state index is 6.70. The minimum Gasteiger partial charge on any atom is -0.256 e. The molecule has 2 aliphatic rings. The van der Waals surface area contributed by atoms with Crippen LogP contribution in [0.5, 0.6) is 0 Å². The van der Waals surface area contributed by atoms with Gasteiger partial charge in [0, 0.05) is 22.3 Å². The molecule has 0 aliphatic heterocycles. The molecule has 0 saturated heterocycles. The molecule has 1 heterocycles. The topological polar surface area (TPSA) is 12.9 Å². The molecule has 0 fully saturated rings. The lowest BCUT2D eigenvalue weighted by atomic mass is 9.71. The van der Waals surface area contributed by atoms with E-state index in [4.69, 9.17) is 16.6 Å². The molecule has 26 heavy (non-hydrogen) atoms. The van der Waals surface area contributed by atoms with Crippen molar-refractivity contribution >= 4 is 11.6 Å². The molecule has 122 valence electrons. The highest BCUT2D eigenvalue weighted by Gasteiger charge is 2.52. The van der Waals surface area contributed by atoms with E-state index in [2.05, 4.69) is 66.7 Å². The second-order valence-electron chi connectivity index (χ2n) is 6.90. The van der Waals surface area contributed by atoms with Gasteiger partial charge in [0.15, 0.2) is 0 Å². The van der Waals surface area contributed by atoms with Crippen LogP contribution in [0.3, 0.4) is 0 Å². The number of pyridine rings is 1. The molecule has 3 aromatic carbocycles. The Balaban J connectivity index is 1.89. The molecule has 0 bridgehead atoms. The maximum Gasteiger partial charge on any atom is 0.0753 e. The van der Waals surface area contributed by atoms with Gasteiger partial charge in [0.05, 0.1) is 11.1 Å². The number of halogens is 1. The Labute approximate surface area is 156 Å². The lowest BCUT2D eigenvalue weighted by Gasteiger charge is -2.30. The van der Waals surface area contributed by atoms with Crippen molar-refractivity contribution in [1.29, 1.82) is 0 Å². The molecule has 0 radical (unpaired) electrons. The standard InChI is InChI=1S/C24H14ClN/c25-21-13-5-11-19-22(21)15-7-1-3-9-17(15)24(19)18-10-4-2-8-16(18)23-20(24)12-6-14-26-23/h1-14H. The van der Waals surface area contributed by atoms with Gasteiger partial charge in [-0.25, -0.2) is 0 Å². The monoisotopic (exact) mass is 351 g/mol. The quantitative estimate of drug-likeness (QED) is 0.323. The molecular weight excluding hydrogens is 338 g/mol. The van der Waals surface area contributed by atoms with Gasteiger partial charge in [-0.3, -0.25) is 4.98 Å². The number of hydrogen-bond donors (Lipinski definition) is 0. The summed E-state index contributed by atoms with van der Waals surface area (Å²) in [7, 11) is 0. The van der Waals surface area contributed by atoms with Crippen molar-refractivity contribution in [3.63, 3.8) is 0 Å². The van der Waals surface area contributed by atoms with Crippen LogP contribution >= 0.6 is 11.6 Å². The third-order valence-electron chi connectivity index (χ3n) is 5.82. The summed E-state index contributed by atoms with van der Waals surface area (Å²) < 4.78 is 0. The molecule has 1 atom stereocenters. The van der Waals surface area contributed by atoms with Crippen LogP contribution in [0.25, 0.3) is 22.4 Å². The SMILES string of the molecule is Clc1cccc2c1-c1ccccc1C21c2ccccc2-c2ncccc21. The fourth-order valence-corrected chi connectivity index (χ4v) is 5.22. The van der Waals surface area contributed by atoms with Crippen LogP contribution in [0.2, 0.25) is 5.02 Å². The summed E-state index contributed by atoms with van der Waals surface area (Å²) in [5.74, 6) is 0. The Morgan fingerprint density at radius 1 is 0.615 bits per heavy atom. The highest BCUT2D eigenvalue weighted by atomic mass is 35.5. The zero-order valence-electron chi connectivity index (χ0n) is 13.9. The number of aromatic nitrogens is 1. The van der Waals surface area contributed by atoms with E-state index in [1.165, 1.54) is 33.4 Å². The van der Waals surface area contributed by atoms with Crippen LogP contribution in [0, 0.1) is 0 Å². The largest absolute Gasteiger partial charge is 0.256 e. The van der Waals surface area contributed by atoms with Gasteiger partial charge >= 0.3 is 0 Å². The first-order chi connectivity index (χ1) is 12.8. The molecule has 0 saturated carbocycles. The van der Waals surface area contributed by atoms with Crippen molar-refractivity contribution in [3.8, 4) is 22.4 Å². The zero-order chi connectivity index (χ0) is 17.3. The number of rotatable bonds is 0. The van der Waals surface area contributed by atoms with Crippen molar-refractivity contribution in [3.05, 3.63) is 112 Å². The molecule has 1 unspecified atom stereocenters. The molecule has 6 rings (SSSR count). The lowest BCUT2D eigenvalue weighted by molar-refractivity contribution is 0.791. The predicted molar refractivity (Wildman–Crippen MR) is 106 cm³/mol. The van der Waals surface area contributed by atoms with Gasteiger partial charge in [-0.2, -0.15) is 0 Å². The van der Waals surface area contributed by atoms with Gasteiger partial charge < -0.3 is 0 Å². The lowest BCUT2D eigenvalue weighted by Crippen LogP contribution is -2.25. The molecule has 1 aromatic heterocycles. The van der Waals surface area contributed by atoms with Gasteiger partial charge in [0.1, 0.15) is 0 Å². The zero-order valence-corrected chi connectivity index (χ0v) is 14.7. The van der Waals surface area contributed by atoms with Crippen LogP contribution in [0.15, 0.2) is 85.1 Å². The third kappa shape index (κ3) is 1.47. The van der Waals surface area contributed by atoms with Crippen molar-refractivity contribution in [2.24, 2.45) is 0 Å². The summed E-state index contributed by atoms with van der Waals surface area (Å²) in [6.07, 6.45) is 1.88. The molecule has 0 N–H and O–H groups in total. The van der Waals surface area contributed by atoms with Gasteiger partial charge in [-0.15, -0.1) is 0 Å². The summed E-state index contributed by atoms with van der Waals surface area (Å²) >= 11 is 6.70. The van der Waals surface area contributed by atoms with Crippen LogP contribution in [-0.2, 0) is 5.41 Å². The minimum atomic E-state index is -0.336. The first-order valence-electron chi connectivity index (χ1n) is 8.77. The van der Waals surface area contributed by atoms with E-state index in [1.807, 2.05) is 18.3 Å². The Kier molecular flexibility index (Phi) is 2.66. The summed E-state index contributed by atoms with van der Waals surface area (Å²) in [6, 6.07) is 27.8. The first-order valence-corrected chi connectivity index (χ1v) is 9.15. The second-order valence-corrected chi connectivity index (χ2v) is 7.31. The smallest absolute Gasteiger partial charge is 0.0753 e. The summed E-state index contributed by atoms with van der Waals surface area (Å²) in [6.45, 7) is 0. The van der Waals surface area contributed by atoms with Crippen LogP contribution < -0.4 is 0 Å². The van der Waals surface area contributed by atoms with Crippen molar-refractivity contribution < 1.29 is 0 Å². The fraction of sp³-hybridized carbons (Fsp3) is 0.0417. The molecule has 1 nitrogen and oxygen atoms in total. The molecule has 1 spiro atoms. The molecule has 2 aliphatic carbocycles. The normalized spacial score (nSPS) is 18.3. The molecule has 4 aromatic rings. The van der Waals surface area contributed by atoms with Crippen molar-refractivity contribution in [2.75, 3.05) is 0 Å². The van der Waals surface area contributed by atoms with Crippen LogP contribution in [0.1, 0.15) is 22.3 Å². The first kappa shape index (κ1) is 14.3. The Bertz CT molecular complexity index is 1160. The molecule has 0 amide bonds. The molecule has 2 heteroatoms. The summed E-state index contributed by atoms with van der Waals surface area (Å²) in [4.78, 5) is 4.75. The van der Waals surface area contributed by atoms with E-state index < -0.39 is 0 Å². The minimum absolute atomic E-state index is 0.336. The highest BCUT2D eigenvalue weighted by Crippen LogP contribution is 2.63. The van der Waals surface area contributed by atoms with E-state index >= 15 is 0 Å². The molecular formula is C24H14ClN. The summed E-state index contributed by atoms with van der Waals surface area (Å²) in [5, 5.41) is 0.807. The number of nitrogens with zero attached hydrogens (tertiary/aromatic N) is 1. The Morgan fingerprint density at radius 3 is 2.12 bits per heavy atom. The third-order valence-corrected chi connectivity index (χ3v) is 6.13. The van der Waals surface area contributed by atoms with Gasteiger partial charge in [0.2, 0.25) is 0 Å². The van der Waals surface area contributed by atoms with Crippen molar-refractivity contribution in [2.45, 2.75) is 5.41 Å². The van der Waals surface area contributed by atoms with E-state index in [0.29, 0.717) is 0 Å². The van der Waals surface area contributed by atoms with E-state index in [0.717, 1.165) is 16.3 Å². The highest BCUT2D eigenvalue weighted by molar-refractivity contribution is 6.34. The van der Waals surface area contributed by atoms with E-state index in [-0.39, 0.29) is 5.41 Å². The van der Waals surface area contributed by atoms with Crippen molar-refractivity contribution in [1.82, 2.24) is 4.98 Å². The average Bonchev–Trinajstić information content (AvgIpc) is 3.16. The Hall–Kier alpha value is -2.90. The van der Waals surface area contributed by atoms with Gasteiger partial charge in [-0.05, 0) is 39.9 Å². The van der Waals surface area contributed by atoms with Crippen LogP contribution in [0.4, 0.5) is 0 Å². The number of hydrogen-bond acceptors (Lipinski definition) is 1. The number of benzene rings is 3. The fourth-order valence-electron chi connectivity index (χ4n) is 4.95. The number of fused-ring (bicyclic) bond motifs is 10. The van der Waals surface area contributed by atoms with Gasteiger partial charge in [-0.1, -0.05) is 78.3 Å². The second kappa shape index (κ2) is 4.84. The van der Waals surface area contributed by atoms with Gasteiger partial charge in [0.25, 0.3) is 0 Å². The summed E-state index contributed by atoms with van der Waals surface area (Å²) in [5.41, 5.74) is 9.41. The van der Waals surface area contributed by atoms with Crippen LogP contribution in [-0.4, -0.2) is 4.98 Å². The predicted octanol–water partition coefficient (Wildman–Crippen LogP) is 6.08. The maximum absolute atomic E-state index is 6.70. The van der Waals surface area contributed by atoms with E-state index in [1.54, 1.807) is 0 Å². The Morgan fingerprint density at radius 2 is 1.27 bits per heavy atom. The van der Waals surface area contributed by atoms with E-state index in [9.17, 15) is 0 Å².